The highest BCUT2D eigenvalue weighted by atomic mass is 32.2. The molecule has 120 valence electrons. The van der Waals surface area contributed by atoms with E-state index < -0.39 is 10.3 Å². The van der Waals surface area contributed by atoms with Crippen LogP contribution in [0.5, 0.6) is 0 Å². The van der Waals surface area contributed by atoms with Crippen molar-refractivity contribution in [3.05, 3.63) is 40.0 Å². The molecule has 1 saturated carbocycles. The third kappa shape index (κ3) is 2.98. The molecule has 1 aromatic rings. The van der Waals surface area contributed by atoms with Gasteiger partial charge >= 0.3 is 0 Å². The summed E-state index contributed by atoms with van der Waals surface area (Å²) in [5.41, 5.74) is 2.56. The van der Waals surface area contributed by atoms with Crippen molar-refractivity contribution in [1.29, 1.82) is 0 Å². The predicted molar refractivity (Wildman–Crippen MR) is 88.9 cm³/mol. The number of aliphatic hydroxyl groups excluding tert-OH is 1. The summed E-state index contributed by atoms with van der Waals surface area (Å²) in [5, 5.41) is 11.7. The Morgan fingerprint density at radius 3 is 2.39 bits per heavy atom. The van der Waals surface area contributed by atoms with Gasteiger partial charge in [-0.2, -0.15) is 20.2 Å². The van der Waals surface area contributed by atoms with E-state index in [1.165, 1.54) is 0 Å². The molecule has 1 aromatic carbocycles. The standard InChI is InChI=1S/C16H14O5S2/c17-13-2-1-3-14(18)15(13)16(19)10-5-4-9(8-23(20)21)11-6-22-7-12(10)11/h4-5,8,19H,1-3,6-7H2. The molecule has 1 fully saturated rings. The molecule has 0 atom stereocenters. The van der Waals surface area contributed by atoms with Crippen LogP contribution in [-0.2, 0) is 31.4 Å². The van der Waals surface area contributed by atoms with E-state index in [0.717, 1.165) is 16.5 Å². The molecular formula is C16H14O5S2. The summed E-state index contributed by atoms with van der Waals surface area (Å²) in [6, 6.07) is 3.19. The number of hydrogen-bond acceptors (Lipinski definition) is 6. The molecule has 0 unspecified atom stereocenters. The summed E-state index contributed by atoms with van der Waals surface area (Å²) >= 11 is 1.60. The number of fused-ring (bicyclic) bond motifs is 1. The largest absolute Gasteiger partial charge is 0.506 e. The van der Waals surface area contributed by atoms with Crippen molar-refractivity contribution in [1.82, 2.24) is 0 Å². The molecule has 23 heavy (non-hydrogen) atoms. The van der Waals surface area contributed by atoms with E-state index in [1.807, 2.05) is 0 Å². The van der Waals surface area contributed by atoms with Gasteiger partial charge in [-0.05, 0) is 23.1 Å². The average molecular weight is 350 g/mol. The minimum atomic E-state index is -2.31. The number of allylic oxidation sites excluding steroid dienone is 1. The van der Waals surface area contributed by atoms with Crippen LogP contribution in [0.1, 0.15) is 41.5 Å². The predicted octanol–water partition coefficient (Wildman–Crippen LogP) is 2.05. The Morgan fingerprint density at radius 2 is 1.74 bits per heavy atom. The summed E-state index contributed by atoms with van der Waals surface area (Å²) in [7, 11) is -2.31. The van der Waals surface area contributed by atoms with E-state index in [-0.39, 0.29) is 35.7 Å². The number of hydrogen-bond donors (Lipinski definition) is 1. The van der Waals surface area contributed by atoms with E-state index in [1.54, 1.807) is 23.9 Å². The Morgan fingerprint density at radius 1 is 1.09 bits per heavy atom. The quantitative estimate of drug-likeness (QED) is 0.380. The van der Waals surface area contributed by atoms with Crippen LogP contribution in [0.4, 0.5) is 0 Å². The van der Waals surface area contributed by atoms with Crippen molar-refractivity contribution >= 4 is 44.7 Å². The van der Waals surface area contributed by atoms with Crippen molar-refractivity contribution in [3.8, 4) is 0 Å². The first-order valence-electron chi connectivity index (χ1n) is 7.14. The summed E-state index contributed by atoms with van der Waals surface area (Å²) in [4.78, 5) is 24.0. The Kier molecular flexibility index (Phi) is 4.41. The fraction of sp³-hybridized carbons (Fsp3) is 0.312. The number of benzene rings is 1. The number of rotatable bonds is 2. The summed E-state index contributed by atoms with van der Waals surface area (Å²) in [6.45, 7) is 0. The van der Waals surface area contributed by atoms with Crippen molar-refractivity contribution in [2.75, 3.05) is 0 Å². The van der Waals surface area contributed by atoms with Crippen LogP contribution in [0.3, 0.4) is 0 Å². The number of Topliss-reactive ketones (excluding diaryl/α,β-unsaturated/α-hetero) is 2. The van der Waals surface area contributed by atoms with Gasteiger partial charge in [0.2, 0.25) is 10.3 Å². The van der Waals surface area contributed by atoms with Crippen LogP contribution in [0.15, 0.2) is 17.7 Å². The normalized spacial score (nSPS) is 17.1. The molecule has 5 nitrogen and oxygen atoms in total. The monoisotopic (exact) mass is 350 g/mol. The van der Waals surface area contributed by atoms with Crippen molar-refractivity contribution in [2.45, 2.75) is 30.8 Å². The smallest absolute Gasteiger partial charge is 0.214 e. The fourth-order valence-electron chi connectivity index (χ4n) is 2.95. The molecule has 0 bridgehead atoms. The van der Waals surface area contributed by atoms with E-state index in [0.29, 0.717) is 29.1 Å². The van der Waals surface area contributed by atoms with Gasteiger partial charge in [-0.15, -0.1) is 0 Å². The topological polar surface area (TPSA) is 88.5 Å². The average Bonchev–Trinajstić information content (AvgIpc) is 2.96. The SMILES string of the molecule is O=C1CCCC(=O)C1=C(O)c1ccc(C=S(=O)=O)c2c1CSC2. The Labute approximate surface area is 138 Å². The van der Waals surface area contributed by atoms with Gasteiger partial charge in [-0.3, -0.25) is 9.59 Å². The molecule has 0 saturated heterocycles. The lowest BCUT2D eigenvalue weighted by atomic mass is 9.88. The first-order valence-corrected chi connectivity index (χ1v) is 9.43. The molecule has 0 aromatic heterocycles. The maximum Gasteiger partial charge on any atom is 0.214 e. The highest BCUT2D eigenvalue weighted by Crippen LogP contribution is 2.37. The van der Waals surface area contributed by atoms with Crippen LogP contribution >= 0.6 is 11.8 Å². The molecule has 1 aliphatic heterocycles. The third-order valence-corrected chi connectivity index (χ3v) is 5.47. The van der Waals surface area contributed by atoms with Crippen molar-refractivity contribution < 1.29 is 23.1 Å². The fourth-order valence-corrected chi connectivity index (χ4v) is 4.56. The van der Waals surface area contributed by atoms with Crippen LogP contribution < -0.4 is 0 Å². The van der Waals surface area contributed by atoms with Crippen LogP contribution in [-0.4, -0.2) is 30.5 Å². The molecule has 7 heteroatoms. The van der Waals surface area contributed by atoms with Gasteiger partial charge < -0.3 is 5.11 Å². The summed E-state index contributed by atoms with van der Waals surface area (Å²) in [5.74, 6) is 0.325. The first-order chi connectivity index (χ1) is 11.0. The summed E-state index contributed by atoms with van der Waals surface area (Å²) in [6.07, 6.45) is 1.05. The Balaban J connectivity index is 2.18. The first kappa shape index (κ1) is 16.0. The number of carbonyl (C=O) groups excluding carboxylic acids is 2. The lowest BCUT2D eigenvalue weighted by Crippen LogP contribution is -2.20. The molecule has 0 spiro atoms. The van der Waals surface area contributed by atoms with E-state index in [4.69, 9.17) is 0 Å². The lowest BCUT2D eigenvalue weighted by molar-refractivity contribution is -0.123. The van der Waals surface area contributed by atoms with Gasteiger partial charge in [0.25, 0.3) is 0 Å². The van der Waals surface area contributed by atoms with Crippen LogP contribution in [0, 0.1) is 0 Å². The number of aliphatic hydroxyl groups is 1. The molecule has 2 aliphatic rings. The van der Waals surface area contributed by atoms with Gasteiger partial charge in [0, 0.05) is 29.9 Å². The molecular weight excluding hydrogens is 336 g/mol. The maximum absolute atomic E-state index is 12.0. The van der Waals surface area contributed by atoms with E-state index in [9.17, 15) is 23.1 Å². The number of carbonyl (C=O) groups is 2. The maximum atomic E-state index is 12.0. The second-order valence-corrected chi connectivity index (χ2v) is 7.20. The minimum Gasteiger partial charge on any atom is -0.506 e. The minimum absolute atomic E-state index is 0.112. The third-order valence-electron chi connectivity index (χ3n) is 4.04. The summed E-state index contributed by atoms with van der Waals surface area (Å²) < 4.78 is 21.8. The molecule has 0 radical (unpaired) electrons. The highest BCUT2D eigenvalue weighted by Gasteiger charge is 2.29. The van der Waals surface area contributed by atoms with E-state index in [2.05, 4.69) is 0 Å². The highest BCUT2D eigenvalue weighted by molar-refractivity contribution is 7.98. The van der Waals surface area contributed by atoms with Gasteiger partial charge in [0.05, 0.1) is 5.37 Å². The van der Waals surface area contributed by atoms with Crippen molar-refractivity contribution in [3.63, 3.8) is 0 Å². The van der Waals surface area contributed by atoms with Crippen LogP contribution in [0.2, 0.25) is 0 Å². The number of thioether (sulfide) groups is 1. The second kappa shape index (κ2) is 6.33. The van der Waals surface area contributed by atoms with Crippen LogP contribution in [0.25, 0.3) is 5.76 Å². The van der Waals surface area contributed by atoms with Gasteiger partial charge in [-0.1, -0.05) is 12.1 Å². The number of ketones is 2. The zero-order valence-corrected chi connectivity index (χ0v) is 13.8. The van der Waals surface area contributed by atoms with Gasteiger partial charge in [0.15, 0.2) is 11.6 Å². The lowest BCUT2D eigenvalue weighted by Gasteiger charge is -2.16. The molecule has 1 aliphatic carbocycles. The zero-order chi connectivity index (χ0) is 16.6. The van der Waals surface area contributed by atoms with Gasteiger partial charge in [0.1, 0.15) is 11.3 Å². The molecule has 1 N–H and O–H groups in total. The Hall–Kier alpha value is -1.86. The second-order valence-electron chi connectivity index (χ2n) is 5.45. The zero-order valence-electron chi connectivity index (χ0n) is 12.2. The van der Waals surface area contributed by atoms with Crippen molar-refractivity contribution in [2.24, 2.45) is 0 Å². The molecule has 1 heterocycles. The van der Waals surface area contributed by atoms with E-state index >= 15 is 0 Å². The molecule has 0 amide bonds. The van der Waals surface area contributed by atoms with Gasteiger partial charge in [-0.25, -0.2) is 0 Å². The molecule has 3 rings (SSSR count). The Bertz CT molecular complexity index is 852.